The summed E-state index contributed by atoms with van der Waals surface area (Å²) in [7, 11) is 1.23. The van der Waals surface area contributed by atoms with E-state index in [0.717, 1.165) is 16.9 Å². The van der Waals surface area contributed by atoms with E-state index in [4.69, 9.17) is 0 Å². The van der Waals surface area contributed by atoms with Crippen molar-refractivity contribution in [1.29, 1.82) is 0 Å². The highest BCUT2D eigenvalue weighted by molar-refractivity contribution is 6.01. The summed E-state index contributed by atoms with van der Waals surface area (Å²) in [6.45, 7) is 4.93. The van der Waals surface area contributed by atoms with Crippen molar-refractivity contribution in [2.45, 2.75) is 26.4 Å². The van der Waals surface area contributed by atoms with Gasteiger partial charge in [-0.25, -0.2) is 4.79 Å². The molecule has 6 nitrogen and oxygen atoms in total. The molecule has 1 aliphatic rings. The van der Waals surface area contributed by atoms with Gasteiger partial charge in [-0.2, -0.15) is 0 Å². The molecule has 0 radical (unpaired) electrons. The zero-order valence-corrected chi connectivity index (χ0v) is 13.1. The van der Waals surface area contributed by atoms with E-state index in [-0.39, 0.29) is 12.5 Å². The van der Waals surface area contributed by atoms with E-state index in [1.54, 1.807) is 0 Å². The summed E-state index contributed by atoms with van der Waals surface area (Å²) in [4.78, 5) is 25.0. The number of anilines is 2. The van der Waals surface area contributed by atoms with Gasteiger partial charge in [0.2, 0.25) is 5.91 Å². The first-order chi connectivity index (χ1) is 10.4. The highest BCUT2D eigenvalue weighted by Gasteiger charge is 2.27. The summed E-state index contributed by atoms with van der Waals surface area (Å²) in [5.41, 5.74) is 2.67. The monoisotopic (exact) mass is 306 g/mol. The predicted octanol–water partition coefficient (Wildman–Crippen LogP) is 1.18. The molecule has 0 fully saturated rings. The largest absolute Gasteiger partial charge is 0.467 e. The molecule has 0 aliphatic carbocycles. The summed E-state index contributed by atoms with van der Waals surface area (Å²) in [6.07, 6.45) is -0.825. The summed E-state index contributed by atoms with van der Waals surface area (Å²) >= 11 is 0. The topological polar surface area (TPSA) is 78.9 Å². The molecule has 0 bridgehead atoms. The van der Waals surface area contributed by atoms with Gasteiger partial charge in [0.25, 0.3) is 0 Å². The highest BCUT2D eigenvalue weighted by atomic mass is 16.5. The Morgan fingerprint density at radius 3 is 2.82 bits per heavy atom. The smallest absolute Gasteiger partial charge is 0.336 e. The van der Waals surface area contributed by atoms with Gasteiger partial charge in [0.05, 0.1) is 20.1 Å². The molecule has 1 unspecified atom stereocenters. The van der Waals surface area contributed by atoms with Crippen LogP contribution in [0.15, 0.2) is 18.2 Å². The van der Waals surface area contributed by atoms with Crippen molar-refractivity contribution in [3.8, 4) is 0 Å². The van der Waals surface area contributed by atoms with E-state index in [9.17, 15) is 14.7 Å². The second-order valence-electron chi connectivity index (χ2n) is 5.84. The van der Waals surface area contributed by atoms with Crippen LogP contribution in [-0.2, 0) is 20.7 Å². The number of nitrogens with zero attached hydrogens (tertiary/aromatic N) is 1. The van der Waals surface area contributed by atoms with E-state index < -0.39 is 12.1 Å². The summed E-state index contributed by atoms with van der Waals surface area (Å²) < 4.78 is 4.46. The first kappa shape index (κ1) is 16.3. The molecule has 1 amide bonds. The standard InChI is InChI=1S/C16H22N2O4/c1-10(2)9-18-13-5-4-12(6-11(13)7-15(18)20)17-8-14(19)16(21)22-3/h4-6,10,14,17,19H,7-9H2,1-3H3. The number of ether oxygens (including phenoxy) is 1. The third-order valence-corrected chi connectivity index (χ3v) is 3.53. The first-order valence-electron chi connectivity index (χ1n) is 7.35. The van der Waals surface area contributed by atoms with Crippen LogP contribution in [0.1, 0.15) is 19.4 Å². The zero-order valence-electron chi connectivity index (χ0n) is 13.1. The fourth-order valence-corrected chi connectivity index (χ4v) is 2.49. The van der Waals surface area contributed by atoms with Crippen molar-refractivity contribution in [2.75, 3.05) is 30.4 Å². The molecule has 6 heteroatoms. The van der Waals surface area contributed by atoms with Crippen LogP contribution in [-0.4, -0.2) is 43.3 Å². The lowest BCUT2D eigenvalue weighted by molar-refractivity contribution is -0.149. The van der Waals surface area contributed by atoms with Crippen molar-refractivity contribution in [2.24, 2.45) is 5.92 Å². The normalized spacial score (nSPS) is 15.0. The van der Waals surface area contributed by atoms with Gasteiger partial charge in [-0.1, -0.05) is 13.8 Å². The molecular formula is C16H22N2O4. The molecular weight excluding hydrogens is 284 g/mol. The van der Waals surface area contributed by atoms with Crippen molar-refractivity contribution in [3.05, 3.63) is 23.8 Å². The van der Waals surface area contributed by atoms with E-state index in [1.165, 1.54) is 7.11 Å². The maximum atomic E-state index is 12.1. The zero-order chi connectivity index (χ0) is 16.3. The Balaban J connectivity index is 2.05. The SMILES string of the molecule is COC(=O)C(O)CNc1ccc2c(c1)CC(=O)N2CC(C)C. The Bertz CT molecular complexity index is 571. The molecule has 1 aliphatic heterocycles. The Hall–Kier alpha value is -2.08. The number of fused-ring (bicyclic) bond motifs is 1. The number of aliphatic hydroxyl groups excluding tert-OH is 1. The highest BCUT2D eigenvalue weighted by Crippen LogP contribution is 2.31. The minimum absolute atomic E-state index is 0.0646. The summed E-state index contributed by atoms with van der Waals surface area (Å²) in [5.74, 6) is -0.162. The number of esters is 1. The Labute approximate surface area is 130 Å². The predicted molar refractivity (Wildman–Crippen MR) is 83.8 cm³/mol. The van der Waals surface area contributed by atoms with Crippen molar-refractivity contribution in [1.82, 2.24) is 0 Å². The Morgan fingerprint density at radius 2 is 2.18 bits per heavy atom. The molecule has 0 saturated carbocycles. The number of methoxy groups -OCH3 is 1. The molecule has 0 spiro atoms. The van der Waals surface area contributed by atoms with Gasteiger partial charge >= 0.3 is 5.97 Å². The van der Waals surface area contributed by atoms with Crippen LogP contribution in [0.4, 0.5) is 11.4 Å². The van der Waals surface area contributed by atoms with Crippen LogP contribution in [0.2, 0.25) is 0 Å². The lowest BCUT2D eigenvalue weighted by Gasteiger charge is -2.20. The number of hydrogen-bond acceptors (Lipinski definition) is 5. The van der Waals surface area contributed by atoms with Crippen LogP contribution in [0, 0.1) is 5.92 Å². The number of hydrogen-bond donors (Lipinski definition) is 2. The number of carbonyl (C=O) groups excluding carboxylic acids is 2. The fraction of sp³-hybridized carbons (Fsp3) is 0.500. The van der Waals surface area contributed by atoms with Crippen LogP contribution in [0.25, 0.3) is 0 Å². The van der Waals surface area contributed by atoms with Crippen LogP contribution in [0.3, 0.4) is 0 Å². The second-order valence-corrected chi connectivity index (χ2v) is 5.84. The quantitative estimate of drug-likeness (QED) is 0.772. The van der Waals surface area contributed by atoms with Gasteiger partial charge < -0.3 is 20.1 Å². The lowest BCUT2D eigenvalue weighted by Crippen LogP contribution is -2.30. The number of benzene rings is 1. The second kappa shape index (κ2) is 6.79. The Morgan fingerprint density at radius 1 is 1.45 bits per heavy atom. The average molecular weight is 306 g/mol. The van der Waals surface area contributed by atoms with Crippen LogP contribution in [0.5, 0.6) is 0 Å². The van der Waals surface area contributed by atoms with Gasteiger partial charge in [-0.05, 0) is 29.7 Å². The van der Waals surface area contributed by atoms with E-state index in [0.29, 0.717) is 18.9 Å². The molecule has 1 heterocycles. The first-order valence-corrected chi connectivity index (χ1v) is 7.35. The van der Waals surface area contributed by atoms with E-state index in [2.05, 4.69) is 23.9 Å². The molecule has 0 saturated heterocycles. The summed E-state index contributed by atoms with van der Waals surface area (Å²) in [5, 5.41) is 12.5. The van der Waals surface area contributed by atoms with Crippen LogP contribution >= 0.6 is 0 Å². The van der Waals surface area contributed by atoms with E-state index in [1.807, 2.05) is 23.1 Å². The molecule has 22 heavy (non-hydrogen) atoms. The lowest BCUT2D eigenvalue weighted by atomic mass is 10.1. The van der Waals surface area contributed by atoms with E-state index >= 15 is 0 Å². The van der Waals surface area contributed by atoms with Gasteiger partial charge in [0, 0.05) is 17.9 Å². The number of carbonyl (C=O) groups is 2. The molecule has 1 aromatic rings. The maximum Gasteiger partial charge on any atom is 0.336 e. The number of amides is 1. The van der Waals surface area contributed by atoms with Gasteiger partial charge in [0.15, 0.2) is 6.10 Å². The van der Waals surface area contributed by atoms with Crippen molar-refractivity contribution >= 4 is 23.3 Å². The van der Waals surface area contributed by atoms with Crippen molar-refractivity contribution in [3.63, 3.8) is 0 Å². The Kier molecular flexibility index (Phi) is 5.03. The van der Waals surface area contributed by atoms with Gasteiger partial charge in [0.1, 0.15) is 0 Å². The fourth-order valence-electron chi connectivity index (χ4n) is 2.49. The molecule has 1 aromatic carbocycles. The average Bonchev–Trinajstić information content (AvgIpc) is 2.78. The number of aliphatic hydroxyl groups is 1. The molecule has 120 valence electrons. The minimum atomic E-state index is -1.21. The molecule has 2 N–H and O–H groups in total. The third-order valence-electron chi connectivity index (χ3n) is 3.53. The molecule has 0 aromatic heterocycles. The molecule has 1 atom stereocenters. The van der Waals surface area contributed by atoms with Gasteiger partial charge in [-0.15, -0.1) is 0 Å². The van der Waals surface area contributed by atoms with Crippen LogP contribution < -0.4 is 10.2 Å². The third kappa shape index (κ3) is 3.57. The van der Waals surface area contributed by atoms with Crippen molar-refractivity contribution < 1.29 is 19.4 Å². The number of rotatable bonds is 6. The molecule has 2 rings (SSSR count). The van der Waals surface area contributed by atoms with Gasteiger partial charge in [-0.3, -0.25) is 4.79 Å². The number of nitrogens with one attached hydrogen (secondary N) is 1. The maximum absolute atomic E-state index is 12.1. The summed E-state index contributed by atoms with van der Waals surface area (Å²) in [6, 6.07) is 5.63. The minimum Gasteiger partial charge on any atom is -0.467 e.